The normalized spacial score (nSPS) is 11.4. The van der Waals surface area contributed by atoms with Crippen LogP contribution in [0.25, 0.3) is 0 Å². The summed E-state index contributed by atoms with van der Waals surface area (Å²) in [7, 11) is 0. The summed E-state index contributed by atoms with van der Waals surface area (Å²) in [6.45, 7) is 0.255. The highest BCUT2D eigenvalue weighted by Gasteiger charge is 2.35. The van der Waals surface area contributed by atoms with E-state index < -0.39 is 22.4 Å². The highest BCUT2D eigenvalue weighted by molar-refractivity contribution is 7.07. The van der Waals surface area contributed by atoms with Crippen LogP contribution in [-0.2, 0) is 12.6 Å². The topological polar surface area (TPSA) is 68.1 Å². The Morgan fingerprint density at radius 2 is 2.14 bits per heavy atom. The summed E-state index contributed by atoms with van der Waals surface area (Å²) in [4.78, 5) is 13.7. The van der Waals surface area contributed by atoms with Crippen molar-refractivity contribution in [1.82, 2.24) is 4.98 Å². The van der Waals surface area contributed by atoms with Gasteiger partial charge in [-0.1, -0.05) is 0 Å². The van der Waals surface area contributed by atoms with Gasteiger partial charge in [-0.15, -0.1) is 11.3 Å². The number of aromatic nitrogens is 1. The third-order valence-corrected chi connectivity index (χ3v) is 3.33. The molecule has 1 aromatic heterocycles. The maximum Gasteiger partial charge on any atom is 0.418 e. The Morgan fingerprint density at radius 3 is 2.71 bits per heavy atom. The van der Waals surface area contributed by atoms with Crippen LogP contribution in [0.2, 0.25) is 0 Å². The molecule has 0 saturated carbocycles. The highest BCUT2D eigenvalue weighted by atomic mass is 32.1. The van der Waals surface area contributed by atoms with Crippen LogP contribution in [0.15, 0.2) is 29.1 Å². The summed E-state index contributed by atoms with van der Waals surface area (Å²) in [5, 5.41) is 15.0. The Labute approximate surface area is 121 Å². The zero-order valence-corrected chi connectivity index (χ0v) is 11.4. The summed E-state index contributed by atoms with van der Waals surface area (Å²) < 4.78 is 38.8. The van der Waals surface area contributed by atoms with Gasteiger partial charge < -0.3 is 5.32 Å². The third-order valence-electron chi connectivity index (χ3n) is 2.70. The largest absolute Gasteiger partial charge is 0.418 e. The first kappa shape index (κ1) is 15.2. The van der Waals surface area contributed by atoms with Crippen LogP contribution in [0.4, 0.5) is 24.5 Å². The van der Waals surface area contributed by atoms with Gasteiger partial charge in [-0.2, -0.15) is 13.2 Å². The van der Waals surface area contributed by atoms with Crippen LogP contribution in [-0.4, -0.2) is 16.5 Å². The van der Waals surface area contributed by atoms with Gasteiger partial charge in [0.1, 0.15) is 0 Å². The molecule has 0 fully saturated rings. The fourth-order valence-electron chi connectivity index (χ4n) is 1.72. The van der Waals surface area contributed by atoms with Crippen LogP contribution >= 0.6 is 11.3 Å². The number of anilines is 1. The van der Waals surface area contributed by atoms with Crippen molar-refractivity contribution in [2.24, 2.45) is 0 Å². The van der Waals surface area contributed by atoms with E-state index in [1.54, 1.807) is 5.51 Å². The molecule has 0 unspecified atom stereocenters. The second-order valence-corrected chi connectivity index (χ2v) is 4.86. The Balaban J connectivity index is 2.16. The van der Waals surface area contributed by atoms with E-state index >= 15 is 0 Å². The molecule has 0 amide bonds. The van der Waals surface area contributed by atoms with E-state index in [2.05, 4.69) is 10.3 Å². The number of non-ortho nitro benzene ring substituents is 1. The summed E-state index contributed by atoms with van der Waals surface area (Å²) in [5.41, 5.74) is 0.608. The number of hydrogen-bond donors (Lipinski definition) is 1. The quantitative estimate of drug-likeness (QED) is 0.674. The molecule has 1 aromatic carbocycles. The van der Waals surface area contributed by atoms with Crippen molar-refractivity contribution < 1.29 is 18.1 Å². The van der Waals surface area contributed by atoms with Gasteiger partial charge in [0.05, 0.1) is 21.7 Å². The predicted octanol–water partition coefficient (Wildman–Crippen LogP) is 3.72. The minimum Gasteiger partial charge on any atom is -0.384 e. The summed E-state index contributed by atoms with van der Waals surface area (Å²) in [5.74, 6) is 0. The molecule has 0 atom stereocenters. The van der Waals surface area contributed by atoms with Crippen LogP contribution in [0.1, 0.15) is 11.3 Å². The van der Waals surface area contributed by atoms with E-state index in [0.29, 0.717) is 12.5 Å². The van der Waals surface area contributed by atoms with Crippen molar-refractivity contribution in [2.45, 2.75) is 12.6 Å². The number of benzene rings is 1. The number of hydrogen-bond acceptors (Lipinski definition) is 5. The van der Waals surface area contributed by atoms with Gasteiger partial charge in [-0.05, 0) is 6.07 Å². The van der Waals surface area contributed by atoms with Gasteiger partial charge in [-0.3, -0.25) is 10.1 Å². The van der Waals surface area contributed by atoms with Crippen molar-refractivity contribution in [2.75, 3.05) is 11.9 Å². The van der Waals surface area contributed by atoms with E-state index in [1.165, 1.54) is 11.3 Å². The molecule has 1 heterocycles. The number of nitrogens with zero attached hydrogens (tertiary/aromatic N) is 2. The molecule has 21 heavy (non-hydrogen) atoms. The monoisotopic (exact) mass is 317 g/mol. The van der Waals surface area contributed by atoms with Crippen molar-refractivity contribution >= 4 is 22.7 Å². The lowest BCUT2D eigenvalue weighted by atomic mass is 10.1. The molecule has 112 valence electrons. The number of nitro benzene ring substituents is 1. The Hall–Kier alpha value is -2.16. The summed E-state index contributed by atoms with van der Waals surface area (Å²) in [6, 6.07) is 2.65. The van der Waals surface area contributed by atoms with Crippen LogP contribution in [0.3, 0.4) is 0 Å². The fourth-order valence-corrected chi connectivity index (χ4v) is 2.31. The standard InChI is InChI=1S/C12H10F3N3O2S/c13-12(14,15)10-5-9(18(19)20)1-2-11(10)16-4-3-8-6-21-7-17-8/h1-2,5-7,16H,3-4H2. The molecule has 0 aliphatic carbocycles. The molecule has 5 nitrogen and oxygen atoms in total. The first-order valence-electron chi connectivity index (χ1n) is 5.84. The maximum absolute atomic E-state index is 12.9. The van der Waals surface area contributed by atoms with Crippen molar-refractivity contribution in [1.29, 1.82) is 0 Å². The average Bonchev–Trinajstić information content (AvgIpc) is 2.90. The van der Waals surface area contributed by atoms with Crippen molar-refractivity contribution in [3.8, 4) is 0 Å². The third kappa shape index (κ3) is 3.91. The van der Waals surface area contributed by atoms with Gasteiger partial charge in [0.2, 0.25) is 0 Å². The van der Waals surface area contributed by atoms with Crippen LogP contribution in [0.5, 0.6) is 0 Å². The number of halogens is 3. The second kappa shape index (κ2) is 6.08. The predicted molar refractivity (Wildman–Crippen MR) is 72.4 cm³/mol. The second-order valence-electron chi connectivity index (χ2n) is 4.14. The van der Waals surface area contributed by atoms with Crippen LogP contribution in [0, 0.1) is 10.1 Å². The highest BCUT2D eigenvalue weighted by Crippen LogP contribution is 2.37. The van der Waals surface area contributed by atoms with E-state index in [-0.39, 0.29) is 12.2 Å². The van der Waals surface area contributed by atoms with Gasteiger partial charge >= 0.3 is 6.18 Å². The zero-order chi connectivity index (χ0) is 15.5. The van der Waals surface area contributed by atoms with Crippen LogP contribution < -0.4 is 5.32 Å². The van der Waals surface area contributed by atoms with E-state index in [0.717, 1.165) is 17.8 Å². The molecular formula is C12H10F3N3O2S. The summed E-state index contributed by atoms with van der Waals surface area (Å²) in [6.07, 6.45) is -4.19. The van der Waals surface area contributed by atoms with Gasteiger partial charge in [0.15, 0.2) is 0 Å². The first-order chi connectivity index (χ1) is 9.88. The number of nitrogens with one attached hydrogen (secondary N) is 1. The Bertz CT molecular complexity index is 629. The Morgan fingerprint density at radius 1 is 1.38 bits per heavy atom. The smallest absolute Gasteiger partial charge is 0.384 e. The molecule has 1 N–H and O–H groups in total. The SMILES string of the molecule is O=[N+]([O-])c1ccc(NCCc2cscn2)c(C(F)(F)F)c1. The molecular weight excluding hydrogens is 307 g/mol. The number of alkyl halides is 3. The van der Waals surface area contributed by atoms with E-state index in [1.807, 2.05) is 5.38 Å². The lowest BCUT2D eigenvalue weighted by Gasteiger charge is -2.14. The molecule has 0 aliphatic heterocycles. The van der Waals surface area contributed by atoms with Gasteiger partial charge in [0.25, 0.3) is 5.69 Å². The molecule has 2 aromatic rings. The number of nitro groups is 1. The van der Waals surface area contributed by atoms with Gasteiger partial charge in [-0.25, -0.2) is 4.98 Å². The number of thiazole rings is 1. The average molecular weight is 317 g/mol. The molecule has 0 bridgehead atoms. The molecule has 0 aliphatic rings. The minimum atomic E-state index is -4.66. The molecule has 0 saturated heterocycles. The molecule has 9 heteroatoms. The van der Waals surface area contributed by atoms with E-state index in [9.17, 15) is 23.3 Å². The molecule has 0 spiro atoms. The fraction of sp³-hybridized carbons (Fsp3) is 0.250. The molecule has 0 radical (unpaired) electrons. The minimum absolute atomic E-state index is 0.177. The van der Waals surface area contributed by atoms with Gasteiger partial charge in [0, 0.05) is 36.2 Å². The van der Waals surface area contributed by atoms with Crippen molar-refractivity contribution in [3.63, 3.8) is 0 Å². The van der Waals surface area contributed by atoms with E-state index in [4.69, 9.17) is 0 Å². The Kier molecular flexibility index (Phi) is 4.41. The lowest BCUT2D eigenvalue weighted by molar-refractivity contribution is -0.385. The summed E-state index contributed by atoms with van der Waals surface area (Å²) >= 11 is 1.40. The maximum atomic E-state index is 12.9. The zero-order valence-electron chi connectivity index (χ0n) is 10.6. The molecule has 2 rings (SSSR count). The number of rotatable bonds is 5. The first-order valence-corrected chi connectivity index (χ1v) is 6.79. The lowest BCUT2D eigenvalue weighted by Crippen LogP contribution is -2.13. The van der Waals surface area contributed by atoms with Crippen molar-refractivity contribution in [3.05, 3.63) is 50.5 Å².